The number of aromatic nitrogens is 1. The van der Waals surface area contributed by atoms with Crippen molar-refractivity contribution < 1.29 is 0 Å². The maximum Gasteiger partial charge on any atom is 0.194 e. The van der Waals surface area contributed by atoms with Crippen LogP contribution in [0, 0.1) is 0 Å². The van der Waals surface area contributed by atoms with Gasteiger partial charge in [-0.2, -0.15) is 11.8 Å². The fourth-order valence-electron chi connectivity index (χ4n) is 1.80. The molecule has 1 heterocycles. The molecule has 7 heteroatoms. The maximum atomic E-state index is 6.02. The largest absolute Gasteiger partial charge is 0.357 e. The van der Waals surface area contributed by atoms with Crippen molar-refractivity contribution >= 4 is 53.3 Å². The quantitative estimate of drug-likeness (QED) is 0.414. The molecular weight excluding hydrogens is 419 g/mol. The van der Waals surface area contributed by atoms with Gasteiger partial charge in [-0.15, -0.1) is 24.0 Å². The number of aliphatic imine (C=N–C) groups is 1. The Morgan fingerprint density at radius 1 is 1.57 bits per heavy atom. The lowest BCUT2D eigenvalue weighted by molar-refractivity contribution is 0.462. The minimum absolute atomic E-state index is 0. The third kappa shape index (κ3) is 7.15. The van der Waals surface area contributed by atoms with Crippen molar-refractivity contribution in [1.29, 1.82) is 0 Å². The predicted octanol–water partition coefficient (Wildman–Crippen LogP) is 3.45. The second-order valence-corrected chi connectivity index (χ2v) is 6.57. The number of rotatable bonds is 6. The van der Waals surface area contributed by atoms with Crippen LogP contribution in [0.15, 0.2) is 17.3 Å². The molecule has 1 aromatic heterocycles. The van der Waals surface area contributed by atoms with Gasteiger partial charge in [-0.05, 0) is 19.2 Å². The van der Waals surface area contributed by atoms with Gasteiger partial charge in [0.2, 0.25) is 0 Å². The fourth-order valence-corrected chi connectivity index (χ4v) is 2.30. The minimum Gasteiger partial charge on any atom is -0.357 e. The number of halogens is 2. The summed E-state index contributed by atoms with van der Waals surface area (Å²) in [7, 11) is 4.06. The molecule has 0 saturated heterocycles. The topological polar surface area (TPSA) is 32.6 Å². The molecule has 0 radical (unpaired) electrons. The Kier molecular flexibility index (Phi) is 10.6. The summed E-state index contributed by atoms with van der Waals surface area (Å²) in [4.78, 5) is 6.81. The molecule has 0 saturated carbocycles. The molecule has 1 rings (SSSR count). The molecule has 0 aliphatic heterocycles. The lowest BCUT2D eigenvalue weighted by Gasteiger charge is -2.22. The average Bonchev–Trinajstić information content (AvgIpc) is 2.72. The average molecular weight is 445 g/mol. The molecule has 4 nitrogen and oxygen atoms in total. The van der Waals surface area contributed by atoms with Crippen LogP contribution in [-0.4, -0.2) is 47.1 Å². The van der Waals surface area contributed by atoms with Crippen molar-refractivity contribution in [3.8, 4) is 0 Å². The van der Waals surface area contributed by atoms with E-state index in [1.807, 2.05) is 42.7 Å². The van der Waals surface area contributed by atoms with Crippen LogP contribution in [0.1, 0.15) is 19.5 Å². The van der Waals surface area contributed by atoms with Gasteiger partial charge in [0.1, 0.15) is 0 Å². The van der Waals surface area contributed by atoms with Gasteiger partial charge in [0.05, 0.1) is 18.1 Å². The van der Waals surface area contributed by atoms with Gasteiger partial charge in [-0.3, -0.25) is 4.99 Å². The molecule has 0 amide bonds. The van der Waals surface area contributed by atoms with Crippen molar-refractivity contribution in [3.63, 3.8) is 0 Å². The number of nitrogens with one attached hydrogen (secondary N) is 1. The SMILES string of the molecule is CCNC(=NCC(C)SC)N(C)Cc1cc(Cl)cn1C.I. The van der Waals surface area contributed by atoms with E-state index >= 15 is 0 Å². The summed E-state index contributed by atoms with van der Waals surface area (Å²) < 4.78 is 2.05. The predicted molar refractivity (Wildman–Crippen MR) is 106 cm³/mol. The van der Waals surface area contributed by atoms with E-state index in [4.69, 9.17) is 11.6 Å². The number of aryl methyl sites for hydroxylation is 1. The smallest absolute Gasteiger partial charge is 0.194 e. The molecule has 0 spiro atoms. The van der Waals surface area contributed by atoms with E-state index in [1.165, 1.54) is 5.69 Å². The summed E-state index contributed by atoms with van der Waals surface area (Å²) in [6.07, 6.45) is 4.04. The van der Waals surface area contributed by atoms with Crippen molar-refractivity contribution in [1.82, 2.24) is 14.8 Å². The number of hydrogen-bond donors (Lipinski definition) is 1. The van der Waals surface area contributed by atoms with Gasteiger partial charge in [0, 0.05) is 37.8 Å². The second-order valence-electron chi connectivity index (χ2n) is 4.86. The summed E-state index contributed by atoms with van der Waals surface area (Å²) in [6, 6.07) is 1.99. The zero-order valence-electron chi connectivity index (χ0n) is 13.4. The highest BCUT2D eigenvalue weighted by atomic mass is 127. The molecule has 0 aliphatic rings. The molecule has 1 N–H and O–H groups in total. The molecule has 1 atom stereocenters. The summed E-state index contributed by atoms with van der Waals surface area (Å²) in [6.45, 7) is 6.74. The Hall–Kier alpha value is -0.0800. The van der Waals surface area contributed by atoms with Crippen LogP contribution in [0.5, 0.6) is 0 Å². The lowest BCUT2D eigenvalue weighted by Crippen LogP contribution is -2.39. The second kappa shape index (κ2) is 10.6. The number of guanidine groups is 1. The number of hydrogen-bond acceptors (Lipinski definition) is 2. The van der Waals surface area contributed by atoms with E-state index in [1.54, 1.807) is 0 Å². The van der Waals surface area contributed by atoms with E-state index in [2.05, 4.69) is 35.3 Å². The van der Waals surface area contributed by atoms with Crippen LogP contribution in [0.2, 0.25) is 5.02 Å². The van der Waals surface area contributed by atoms with Gasteiger partial charge < -0.3 is 14.8 Å². The van der Waals surface area contributed by atoms with Gasteiger partial charge in [0.25, 0.3) is 0 Å². The summed E-state index contributed by atoms with van der Waals surface area (Å²) in [5.74, 6) is 0.936. The van der Waals surface area contributed by atoms with E-state index in [0.717, 1.165) is 30.6 Å². The molecular formula is C14H26ClIN4S. The van der Waals surface area contributed by atoms with E-state index in [9.17, 15) is 0 Å². The molecule has 122 valence electrons. The first-order valence-electron chi connectivity index (χ1n) is 6.80. The van der Waals surface area contributed by atoms with Gasteiger partial charge in [0.15, 0.2) is 5.96 Å². The third-order valence-corrected chi connectivity index (χ3v) is 4.23. The van der Waals surface area contributed by atoms with Crippen molar-refractivity contribution in [2.75, 3.05) is 26.4 Å². The Morgan fingerprint density at radius 2 is 2.24 bits per heavy atom. The number of nitrogens with zero attached hydrogens (tertiary/aromatic N) is 3. The third-order valence-electron chi connectivity index (χ3n) is 3.07. The Labute approximate surface area is 154 Å². The van der Waals surface area contributed by atoms with Crippen molar-refractivity contribution in [3.05, 3.63) is 23.0 Å². The first-order chi connectivity index (χ1) is 9.47. The maximum absolute atomic E-state index is 6.02. The summed E-state index contributed by atoms with van der Waals surface area (Å²) >= 11 is 7.85. The Morgan fingerprint density at radius 3 is 2.71 bits per heavy atom. The van der Waals surface area contributed by atoms with Gasteiger partial charge >= 0.3 is 0 Å². The Balaban J connectivity index is 0.00000400. The van der Waals surface area contributed by atoms with Crippen LogP contribution in [0.3, 0.4) is 0 Å². The van der Waals surface area contributed by atoms with Gasteiger partial charge in [-0.25, -0.2) is 0 Å². The normalized spacial score (nSPS) is 12.8. The molecule has 1 unspecified atom stereocenters. The molecule has 0 aliphatic carbocycles. The summed E-state index contributed by atoms with van der Waals surface area (Å²) in [5, 5.41) is 4.63. The molecule has 1 aromatic rings. The molecule has 0 bridgehead atoms. The van der Waals surface area contributed by atoms with Crippen molar-refractivity contribution in [2.24, 2.45) is 12.0 Å². The van der Waals surface area contributed by atoms with Crippen LogP contribution in [0.4, 0.5) is 0 Å². The first-order valence-corrected chi connectivity index (χ1v) is 8.47. The van der Waals surface area contributed by atoms with Crippen molar-refractivity contribution in [2.45, 2.75) is 25.6 Å². The number of thioether (sulfide) groups is 1. The standard InChI is InChI=1S/C14H25ClN4S.HI/c1-6-16-14(17-8-11(2)20-5)19(4)10-13-7-12(15)9-18(13)3;/h7,9,11H,6,8,10H2,1-5H3,(H,16,17);1H. The van der Waals surface area contributed by atoms with E-state index in [0.29, 0.717) is 5.25 Å². The molecule has 21 heavy (non-hydrogen) atoms. The lowest BCUT2D eigenvalue weighted by atomic mass is 10.4. The van der Waals surface area contributed by atoms with E-state index < -0.39 is 0 Å². The van der Waals surface area contributed by atoms with Crippen LogP contribution in [-0.2, 0) is 13.6 Å². The van der Waals surface area contributed by atoms with Crippen LogP contribution < -0.4 is 5.32 Å². The molecule has 0 aromatic carbocycles. The van der Waals surface area contributed by atoms with Crippen LogP contribution in [0.25, 0.3) is 0 Å². The Bertz CT molecular complexity index is 450. The zero-order valence-corrected chi connectivity index (χ0v) is 17.3. The highest BCUT2D eigenvalue weighted by Crippen LogP contribution is 2.14. The highest BCUT2D eigenvalue weighted by Gasteiger charge is 2.10. The fraction of sp³-hybridized carbons (Fsp3) is 0.643. The highest BCUT2D eigenvalue weighted by molar-refractivity contribution is 14.0. The minimum atomic E-state index is 0. The first kappa shape index (κ1) is 20.9. The van der Waals surface area contributed by atoms with E-state index in [-0.39, 0.29) is 24.0 Å². The van der Waals surface area contributed by atoms with Gasteiger partial charge in [-0.1, -0.05) is 18.5 Å². The van der Waals surface area contributed by atoms with Crippen LogP contribution >= 0.6 is 47.3 Å². The zero-order chi connectivity index (χ0) is 15.1. The monoisotopic (exact) mass is 444 g/mol. The molecule has 0 fully saturated rings. The summed E-state index contributed by atoms with van der Waals surface area (Å²) in [5.41, 5.74) is 1.17.